The summed E-state index contributed by atoms with van der Waals surface area (Å²) in [4.78, 5) is 25.4. The van der Waals surface area contributed by atoms with E-state index in [0.717, 1.165) is 12.0 Å². The molecule has 2 aliphatic heterocycles. The van der Waals surface area contributed by atoms with Crippen molar-refractivity contribution < 1.29 is 14.0 Å². The van der Waals surface area contributed by atoms with Crippen LogP contribution in [-0.4, -0.2) is 35.5 Å². The SMILES string of the molecule is O=C1CC[C@H]2[C@H](CCN2C(=O)NCc2cccc(F)c2)N1. The normalized spacial score (nSPS) is 24.4. The molecule has 1 aromatic rings. The molecule has 0 unspecified atom stereocenters. The maximum absolute atomic E-state index is 13.1. The fourth-order valence-electron chi connectivity index (χ4n) is 3.12. The predicted molar refractivity (Wildman–Crippen MR) is 74.9 cm³/mol. The Hall–Kier alpha value is -2.11. The first kappa shape index (κ1) is 13.9. The molecule has 0 aliphatic carbocycles. The fraction of sp³-hybridized carbons (Fsp3) is 0.467. The molecular formula is C15H18FN3O2. The van der Waals surface area contributed by atoms with Crippen LogP contribution in [0, 0.1) is 5.82 Å². The van der Waals surface area contributed by atoms with E-state index in [1.165, 1.54) is 12.1 Å². The van der Waals surface area contributed by atoms with E-state index in [4.69, 9.17) is 0 Å². The highest BCUT2D eigenvalue weighted by atomic mass is 19.1. The molecule has 2 atom stereocenters. The van der Waals surface area contributed by atoms with Crippen molar-refractivity contribution in [1.29, 1.82) is 0 Å². The quantitative estimate of drug-likeness (QED) is 0.865. The molecule has 0 radical (unpaired) electrons. The van der Waals surface area contributed by atoms with Crippen molar-refractivity contribution >= 4 is 11.9 Å². The zero-order chi connectivity index (χ0) is 14.8. The van der Waals surface area contributed by atoms with Gasteiger partial charge in [0, 0.05) is 19.5 Å². The van der Waals surface area contributed by atoms with Crippen LogP contribution in [0.2, 0.25) is 0 Å². The molecule has 21 heavy (non-hydrogen) atoms. The zero-order valence-corrected chi connectivity index (χ0v) is 11.6. The van der Waals surface area contributed by atoms with Gasteiger partial charge in [-0.25, -0.2) is 9.18 Å². The first-order valence-corrected chi connectivity index (χ1v) is 7.22. The Morgan fingerprint density at radius 2 is 2.29 bits per heavy atom. The van der Waals surface area contributed by atoms with Crippen LogP contribution in [0.15, 0.2) is 24.3 Å². The van der Waals surface area contributed by atoms with Crippen molar-refractivity contribution in [2.45, 2.75) is 37.9 Å². The molecule has 0 spiro atoms. The molecule has 5 nitrogen and oxygen atoms in total. The second-order valence-electron chi connectivity index (χ2n) is 5.55. The highest BCUT2D eigenvalue weighted by Gasteiger charge is 2.40. The Balaban J connectivity index is 1.57. The summed E-state index contributed by atoms with van der Waals surface area (Å²) < 4.78 is 13.1. The molecule has 2 aliphatic rings. The Bertz CT molecular complexity index is 564. The number of amides is 3. The molecule has 2 heterocycles. The Kier molecular flexibility index (Phi) is 3.77. The van der Waals surface area contributed by atoms with Crippen molar-refractivity contribution in [2.75, 3.05) is 6.54 Å². The Labute approximate surface area is 122 Å². The van der Waals surface area contributed by atoms with Gasteiger partial charge in [0.15, 0.2) is 0 Å². The number of likely N-dealkylation sites (tertiary alicyclic amines) is 1. The maximum atomic E-state index is 13.1. The van der Waals surface area contributed by atoms with Crippen molar-refractivity contribution in [3.63, 3.8) is 0 Å². The van der Waals surface area contributed by atoms with Gasteiger partial charge in [-0.05, 0) is 30.5 Å². The molecule has 2 fully saturated rings. The first-order chi connectivity index (χ1) is 10.1. The summed E-state index contributed by atoms with van der Waals surface area (Å²) in [5.74, 6) is -0.240. The number of nitrogens with one attached hydrogen (secondary N) is 2. The summed E-state index contributed by atoms with van der Waals surface area (Å²) in [6.45, 7) is 0.946. The van der Waals surface area contributed by atoms with E-state index in [0.29, 0.717) is 25.9 Å². The van der Waals surface area contributed by atoms with Gasteiger partial charge in [-0.15, -0.1) is 0 Å². The molecule has 1 aromatic carbocycles. The zero-order valence-electron chi connectivity index (χ0n) is 11.6. The molecule has 0 aromatic heterocycles. The van der Waals surface area contributed by atoms with Crippen LogP contribution in [-0.2, 0) is 11.3 Å². The number of fused-ring (bicyclic) bond motifs is 1. The van der Waals surface area contributed by atoms with E-state index in [1.54, 1.807) is 17.0 Å². The van der Waals surface area contributed by atoms with Crippen molar-refractivity contribution in [2.24, 2.45) is 0 Å². The summed E-state index contributed by atoms with van der Waals surface area (Å²) >= 11 is 0. The number of urea groups is 1. The summed E-state index contributed by atoms with van der Waals surface area (Å²) in [5.41, 5.74) is 0.732. The van der Waals surface area contributed by atoms with Gasteiger partial charge in [0.1, 0.15) is 5.82 Å². The number of carbonyl (C=O) groups excluding carboxylic acids is 2. The van der Waals surface area contributed by atoms with Crippen LogP contribution in [0.5, 0.6) is 0 Å². The fourth-order valence-corrected chi connectivity index (χ4v) is 3.12. The first-order valence-electron chi connectivity index (χ1n) is 7.22. The summed E-state index contributed by atoms with van der Waals surface area (Å²) in [7, 11) is 0. The van der Waals surface area contributed by atoms with E-state index >= 15 is 0 Å². The van der Waals surface area contributed by atoms with Crippen molar-refractivity contribution in [1.82, 2.24) is 15.5 Å². The molecule has 112 valence electrons. The third kappa shape index (κ3) is 2.99. The van der Waals surface area contributed by atoms with Gasteiger partial charge in [-0.2, -0.15) is 0 Å². The highest BCUT2D eigenvalue weighted by Crippen LogP contribution is 2.25. The maximum Gasteiger partial charge on any atom is 0.317 e. The molecule has 0 bridgehead atoms. The lowest BCUT2D eigenvalue weighted by molar-refractivity contribution is -0.123. The largest absolute Gasteiger partial charge is 0.351 e. The molecular weight excluding hydrogens is 273 g/mol. The minimum atomic E-state index is -0.307. The molecule has 6 heteroatoms. The van der Waals surface area contributed by atoms with Gasteiger partial charge in [-0.3, -0.25) is 4.79 Å². The topological polar surface area (TPSA) is 61.4 Å². The molecule has 3 amide bonds. The number of halogens is 1. The number of piperidine rings is 1. The van der Waals surface area contributed by atoms with E-state index in [-0.39, 0.29) is 29.8 Å². The van der Waals surface area contributed by atoms with Crippen LogP contribution in [0.1, 0.15) is 24.8 Å². The highest BCUT2D eigenvalue weighted by molar-refractivity contribution is 5.79. The lowest BCUT2D eigenvalue weighted by Gasteiger charge is -2.32. The lowest BCUT2D eigenvalue weighted by atomic mass is 9.99. The monoisotopic (exact) mass is 291 g/mol. The van der Waals surface area contributed by atoms with E-state index < -0.39 is 0 Å². The second kappa shape index (κ2) is 5.71. The lowest BCUT2D eigenvalue weighted by Crippen LogP contribution is -2.52. The standard InChI is InChI=1S/C15H18FN3O2/c16-11-3-1-2-10(8-11)9-17-15(21)19-7-6-12-13(19)4-5-14(20)18-12/h1-3,8,12-13H,4-7,9H2,(H,17,21)(H,18,20)/t12-,13-/m0/s1. The number of benzene rings is 1. The summed E-state index contributed by atoms with van der Waals surface area (Å²) in [6.07, 6.45) is 1.97. The third-order valence-corrected chi connectivity index (χ3v) is 4.15. The average molecular weight is 291 g/mol. The van der Waals surface area contributed by atoms with E-state index in [1.807, 2.05) is 0 Å². The van der Waals surface area contributed by atoms with Gasteiger partial charge in [0.05, 0.1) is 12.1 Å². The molecule has 0 saturated carbocycles. The number of nitrogens with zero attached hydrogens (tertiary/aromatic N) is 1. The minimum Gasteiger partial charge on any atom is -0.351 e. The van der Waals surface area contributed by atoms with Crippen LogP contribution in [0.4, 0.5) is 9.18 Å². The van der Waals surface area contributed by atoms with Gasteiger partial charge >= 0.3 is 6.03 Å². The van der Waals surface area contributed by atoms with Gasteiger partial charge in [0.2, 0.25) is 5.91 Å². The molecule has 2 saturated heterocycles. The van der Waals surface area contributed by atoms with Crippen LogP contribution in [0.3, 0.4) is 0 Å². The van der Waals surface area contributed by atoms with Gasteiger partial charge in [-0.1, -0.05) is 12.1 Å². The molecule has 3 rings (SSSR count). The second-order valence-corrected chi connectivity index (χ2v) is 5.55. The molecule has 2 N–H and O–H groups in total. The van der Waals surface area contributed by atoms with E-state index in [9.17, 15) is 14.0 Å². The number of hydrogen-bond donors (Lipinski definition) is 2. The smallest absolute Gasteiger partial charge is 0.317 e. The van der Waals surface area contributed by atoms with Gasteiger partial charge < -0.3 is 15.5 Å². The predicted octanol–water partition coefficient (Wildman–Crippen LogP) is 1.39. The summed E-state index contributed by atoms with van der Waals surface area (Å²) in [5, 5.41) is 5.75. The number of hydrogen-bond acceptors (Lipinski definition) is 2. The number of rotatable bonds is 2. The van der Waals surface area contributed by atoms with E-state index in [2.05, 4.69) is 10.6 Å². The van der Waals surface area contributed by atoms with Crippen LogP contribution in [0.25, 0.3) is 0 Å². The third-order valence-electron chi connectivity index (χ3n) is 4.15. The minimum absolute atomic E-state index is 0.0678. The van der Waals surface area contributed by atoms with Crippen LogP contribution < -0.4 is 10.6 Å². The number of carbonyl (C=O) groups is 2. The van der Waals surface area contributed by atoms with Crippen LogP contribution >= 0.6 is 0 Å². The van der Waals surface area contributed by atoms with Crippen molar-refractivity contribution in [3.8, 4) is 0 Å². The van der Waals surface area contributed by atoms with Gasteiger partial charge in [0.25, 0.3) is 0 Å². The van der Waals surface area contributed by atoms with Crippen molar-refractivity contribution in [3.05, 3.63) is 35.6 Å². The Morgan fingerprint density at radius 1 is 1.43 bits per heavy atom. The Morgan fingerprint density at radius 3 is 3.10 bits per heavy atom. The average Bonchev–Trinajstić information content (AvgIpc) is 2.88. The summed E-state index contributed by atoms with van der Waals surface area (Å²) in [6, 6.07) is 6.19.